The lowest BCUT2D eigenvalue weighted by Crippen LogP contribution is -2.31. The van der Waals surface area contributed by atoms with Crippen molar-refractivity contribution in [2.45, 2.75) is 57.0 Å². The molecule has 2 atom stereocenters. The molecule has 0 amide bonds. The molecule has 3 aliphatic rings. The SMILES string of the molecule is CCC1(N(c2ccc3ccccc3c2)c2cccs2)c2cc3c(cc21)C(C)(C)c1cc2c(cc1-3)C2(CC)N(c1ccc2ccccc2c1)c1cccs1. The van der Waals surface area contributed by atoms with Gasteiger partial charge in [0.25, 0.3) is 0 Å². The highest BCUT2D eigenvalue weighted by atomic mass is 32.1. The van der Waals surface area contributed by atoms with Crippen LogP contribution in [0.2, 0.25) is 0 Å². The van der Waals surface area contributed by atoms with Crippen molar-refractivity contribution in [1.29, 1.82) is 0 Å². The molecule has 0 fully saturated rings. The average molecular weight is 721 g/mol. The standard InChI is InChI=1S/C49H40N2S2/c1-5-48(50(45-17-11-23-52-45)35-21-19-31-13-7-9-15-33(31)25-35)41-27-37-38-28-42-44(30-40(38)47(3,4)39(37)29-43(41)48)49(42,6-2)51(46-18-12-24-53-46)36-22-20-32-14-8-10-16-34(32)26-36/h7-30H,5-6H2,1-4H3. The Kier molecular flexibility index (Phi) is 6.48. The van der Waals surface area contributed by atoms with Crippen molar-refractivity contribution in [3.63, 3.8) is 0 Å². The largest absolute Gasteiger partial charge is 0.319 e. The second-order valence-electron chi connectivity index (χ2n) is 15.6. The first-order valence-corrected chi connectivity index (χ1v) is 20.7. The van der Waals surface area contributed by atoms with Crippen molar-refractivity contribution in [3.8, 4) is 11.1 Å². The molecule has 11 rings (SSSR count). The minimum Gasteiger partial charge on any atom is -0.319 e. The molecule has 53 heavy (non-hydrogen) atoms. The summed E-state index contributed by atoms with van der Waals surface area (Å²) >= 11 is 3.67. The van der Waals surface area contributed by atoms with Gasteiger partial charge in [0.15, 0.2) is 0 Å². The van der Waals surface area contributed by atoms with Gasteiger partial charge in [0.05, 0.1) is 21.1 Å². The van der Waals surface area contributed by atoms with Gasteiger partial charge in [0.1, 0.15) is 0 Å². The Balaban J connectivity index is 1.04. The summed E-state index contributed by atoms with van der Waals surface area (Å²) in [5.74, 6) is 0. The van der Waals surface area contributed by atoms with Gasteiger partial charge in [-0.15, -0.1) is 22.7 Å². The minimum absolute atomic E-state index is 0.105. The van der Waals surface area contributed by atoms with Gasteiger partial charge >= 0.3 is 0 Å². The molecule has 0 radical (unpaired) electrons. The van der Waals surface area contributed by atoms with Crippen molar-refractivity contribution in [2.75, 3.05) is 9.80 Å². The van der Waals surface area contributed by atoms with E-state index < -0.39 is 0 Å². The average Bonchev–Trinajstić information content (AvgIpc) is 3.59. The predicted octanol–water partition coefficient (Wildman–Crippen LogP) is 14.0. The van der Waals surface area contributed by atoms with Crippen LogP contribution in [0.25, 0.3) is 32.7 Å². The van der Waals surface area contributed by atoms with Crippen molar-refractivity contribution < 1.29 is 0 Å². The summed E-state index contributed by atoms with van der Waals surface area (Å²) < 4.78 is 0. The molecule has 0 saturated heterocycles. The highest BCUT2D eigenvalue weighted by molar-refractivity contribution is 7.14. The van der Waals surface area contributed by atoms with Crippen molar-refractivity contribution in [1.82, 2.24) is 0 Å². The van der Waals surface area contributed by atoms with Gasteiger partial charge < -0.3 is 9.80 Å². The van der Waals surface area contributed by atoms with E-state index in [0.29, 0.717) is 0 Å². The van der Waals surface area contributed by atoms with Crippen molar-refractivity contribution in [2.24, 2.45) is 0 Å². The first-order valence-electron chi connectivity index (χ1n) is 18.9. The summed E-state index contributed by atoms with van der Waals surface area (Å²) in [5.41, 5.74) is 13.7. The normalized spacial score (nSPS) is 19.8. The van der Waals surface area contributed by atoms with Crippen LogP contribution in [0.1, 0.15) is 73.9 Å². The van der Waals surface area contributed by atoms with E-state index >= 15 is 0 Å². The molecule has 0 saturated carbocycles. The van der Waals surface area contributed by atoms with E-state index in [9.17, 15) is 0 Å². The minimum atomic E-state index is -0.171. The number of hydrogen-bond donors (Lipinski definition) is 0. The second kappa shape index (κ2) is 10.9. The number of benzene rings is 6. The first kappa shape index (κ1) is 31.4. The molecular weight excluding hydrogens is 681 g/mol. The van der Waals surface area contributed by atoms with E-state index in [-0.39, 0.29) is 16.5 Å². The van der Waals surface area contributed by atoms with E-state index in [4.69, 9.17) is 0 Å². The monoisotopic (exact) mass is 720 g/mol. The number of anilines is 4. The Morgan fingerprint density at radius 1 is 0.434 bits per heavy atom. The van der Waals surface area contributed by atoms with Crippen molar-refractivity contribution >= 4 is 65.6 Å². The molecule has 0 aliphatic heterocycles. The lowest BCUT2D eigenvalue weighted by molar-refractivity contribution is 0.610. The quantitative estimate of drug-likeness (QED) is 0.154. The maximum absolute atomic E-state index is 2.63. The van der Waals surface area contributed by atoms with Gasteiger partial charge in [-0.2, -0.15) is 0 Å². The molecule has 0 spiro atoms. The zero-order valence-corrected chi connectivity index (χ0v) is 32.1. The highest BCUT2D eigenvalue weighted by Gasteiger charge is 2.59. The Morgan fingerprint density at radius 2 is 0.849 bits per heavy atom. The molecule has 2 aromatic heterocycles. The second-order valence-corrected chi connectivity index (χ2v) is 17.4. The zero-order valence-electron chi connectivity index (χ0n) is 30.5. The van der Waals surface area contributed by atoms with Gasteiger partial charge in [-0.25, -0.2) is 0 Å². The topological polar surface area (TPSA) is 6.48 Å². The number of thiophene rings is 2. The lowest BCUT2D eigenvalue weighted by Gasteiger charge is -2.33. The van der Waals surface area contributed by atoms with Gasteiger partial charge in [-0.3, -0.25) is 0 Å². The molecule has 3 aliphatic carbocycles. The van der Waals surface area contributed by atoms with Gasteiger partial charge in [0.2, 0.25) is 0 Å². The fourth-order valence-corrected chi connectivity index (χ4v) is 11.7. The molecule has 0 bridgehead atoms. The van der Waals surface area contributed by atoms with Crippen LogP contribution in [0.5, 0.6) is 0 Å². The van der Waals surface area contributed by atoms with E-state index in [1.807, 2.05) is 22.7 Å². The Hall–Kier alpha value is -5.16. The molecule has 8 aromatic rings. The van der Waals surface area contributed by atoms with Crippen LogP contribution >= 0.6 is 22.7 Å². The summed E-state index contributed by atoms with van der Waals surface area (Å²) in [6.45, 7) is 9.63. The molecule has 2 unspecified atom stereocenters. The van der Waals surface area contributed by atoms with Gasteiger partial charge in [0, 0.05) is 16.8 Å². The first-order chi connectivity index (χ1) is 25.9. The smallest absolute Gasteiger partial charge is 0.0967 e. The van der Waals surface area contributed by atoms with Crippen LogP contribution in [-0.4, -0.2) is 0 Å². The van der Waals surface area contributed by atoms with E-state index in [0.717, 1.165) is 12.8 Å². The third kappa shape index (κ3) is 4.14. The third-order valence-electron chi connectivity index (χ3n) is 12.8. The van der Waals surface area contributed by atoms with Crippen LogP contribution in [-0.2, 0) is 16.5 Å². The lowest BCUT2D eigenvalue weighted by atomic mass is 9.82. The maximum Gasteiger partial charge on any atom is 0.0967 e. The number of hydrogen-bond acceptors (Lipinski definition) is 4. The van der Waals surface area contributed by atoms with Crippen LogP contribution in [0, 0.1) is 0 Å². The Bertz CT molecular complexity index is 2570. The molecule has 2 nitrogen and oxygen atoms in total. The van der Waals surface area contributed by atoms with Crippen molar-refractivity contribution in [3.05, 3.63) is 178 Å². The molecular formula is C49H40N2S2. The molecule has 6 aromatic carbocycles. The molecule has 258 valence electrons. The fraction of sp³-hybridized carbons (Fsp3) is 0.184. The van der Waals surface area contributed by atoms with E-state index in [2.05, 4.69) is 182 Å². The fourth-order valence-electron chi connectivity index (χ4n) is 10.1. The van der Waals surface area contributed by atoms with Gasteiger partial charge in [-0.05, 0) is 150 Å². The number of fused-ring (bicyclic) bond motifs is 7. The van der Waals surface area contributed by atoms with Gasteiger partial charge in [-0.1, -0.05) is 100 Å². The van der Waals surface area contributed by atoms with E-state index in [1.165, 1.54) is 87.4 Å². The number of rotatable bonds is 8. The van der Waals surface area contributed by atoms with Crippen LogP contribution in [0.4, 0.5) is 21.4 Å². The number of nitrogens with zero attached hydrogens (tertiary/aromatic N) is 2. The summed E-state index contributed by atoms with van der Waals surface area (Å²) in [6.07, 6.45) is 2.02. The summed E-state index contributed by atoms with van der Waals surface area (Å²) in [4.78, 5) is 5.27. The Morgan fingerprint density at radius 3 is 1.25 bits per heavy atom. The molecule has 0 N–H and O–H groups in total. The van der Waals surface area contributed by atoms with Crippen LogP contribution in [0.15, 0.2) is 144 Å². The third-order valence-corrected chi connectivity index (χ3v) is 14.5. The van der Waals surface area contributed by atoms with E-state index in [1.54, 1.807) is 0 Å². The zero-order chi connectivity index (χ0) is 35.7. The van der Waals surface area contributed by atoms with Crippen LogP contribution < -0.4 is 9.80 Å². The van der Waals surface area contributed by atoms with Crippen LogP contribution in [0.3, 0.4) is 0 Å². The molecule has 4 heteroatoms. The predicted molar refractivity (Wildman–Crippen MR) is 227 cm³/mol. The highest BCUT2D eigenvalue weighted by Crippen LogP contribution is 2.66. The summed E-state index contributed by atoms with van der Waals surface area (Å²) in [5, 5.41) is 12.1. The Labute approximate surface area is 319 Å². The summed E-state index contributed by atoms with van der Waals surface area (Å²) in [7, 11) is 0. The molecule has 2 heterocycles. The maximum atomic E-state index is 2.63. The summed E-state index contributed by atoms with van der Waals surface area (Å²) in [6, 6.07) is 50.7.